The zero-order valence-corrected chi connectivity index (χ0v) is 18.1. The molecule has 0 aliphatic rings. The molecule has 7 nitrogen and oxygen atoms in total. The van der Waals surface area contributed by atoms with E-state index >= 15 is 0 Å². The third-order valence-corrected chi connectivity index (χ3v) is 4.48. The minimum absolute atomic E-state index is 0.271. The molecule has 3 aromatic rings. The van der Waals surface area contributed by atoms with Gasteiger partial charge in [-0.1, -0.05) is 17.7 Å². The summed E-state index contributed by atoms with van der Waals surface area (Å²) in [5.41, 5.74) is 5.11. The highest BCUT2D eigenvalue weighted by atomic mass is 16.6. The molecule has 164 valence electrons. The summed E-state index contributed by atoms with van der Waals surface area (Å²) in [6.45, 7) is 4.39. The molecule has 0 fully saturated rings. The number of aryl methyl sites for hydroxylation is 1. The number of ether oxygens (including phenoxy) is 3. The van der Waals surface area contributed by atoms with Crippen LogP contribution in [-0.4, -0.2) is 31.8 Å². The molecule has 32 heavy (non-hydrogen) atoms. The summed E-state index contributed by atoms with van der Waals surface area (Å²) in [4.78, 5) is 24.6. The van der Waals surface area contributed by atoms with Gasteiger partial charge >= 0.3 is 5.97 Å². The number of esters is 1. The van der Waals surface area contributed by atoms with E-state index in [1.807, 2.05) is 26.0 Å². The topological polar surface area (TPSA) is 86.2 Å². The number of hydrogen-bond donors (Lipinski definition) is 1. The van der Waals surface area contributed by atoms with Gasteiger partial charge in [0.05, 0.1) is 25.5 Å². The average Bonchev–Trinajstić information content (AvgIpc) is 2.81. The van der Waals surface area contributed by atoms with Crippen molar-refractivity contribution in [3.63, 3.8) is 0 Å². The highest BCUT2D eigenvalue weighted by Crippen LogP contribution is 2.28. The van der Waals surface area contributed by atoms with Crippen molar-refractivity contribution < 1.29 is 23.8 Å². The second kappa shape index (κ2) is 10.8. The summed E-state index contributed by atoms with van der Waals surface area (Å²) >= 11 is 0. The van der Waals surface area contributed by atoms with Crippen LogP contribution in [0, 0.1) is 6.92 Å². The van der Waals surface area contributed by atoms with Gasteiger partial charge in [0.15, 0.2) is 11.5 Å². The van der Waals surface area contributed by atoms with Crippen LogP contribution in [0.5, 0.6) is 17.2 Å². The molecule has 0 aromatic heterocycles. The van der Waals surface area contributed by atoms with E-state index in [1.54, 1.807) is 54.6 Å². The van der Waals surface area contributed by atoms with Crippen molar-refractivity contribution in [3.8, 4) is 17.2 Å². The van der Waals surface area contributed by atoms with Crippen LogP contribution in [0.3, 0.4) is 0 Å². The van der Waals surface area contributed by atoms with Crippen LogP contribution in [-0.2, 0) is 0 Å². The Bertz CT molecular complexity index is 1110. The van der Waals surface area contributed by atoms with Crippen molar-refractivity contribution in [2.24, 2.45) is 5.10 Å². The first-order valence-corrected chi connectivity index (χ1v) is 10.0. The van der Waals surface area contributed by atoms with Crippen molar-refractivity contribution in [2.75, 3.05) is 13.7 Å². The molecular formula is C25H24N2O5. The summed E-state index contributed by atoms with van der Waals surface area (Å²) in [7, 11) is 1.48. The number of carbonyl (C=O) groups is 2. The molecule has 0 unspecified atom stereocenters. The molecule has 1 amide bonds. The number of hydrogen-bond acceptors (Lipinski definition) is 6. The third kappa shape index (κ3) is 5.95. The summed E-state index contributed by atoms with van der Waals surface area (Å²) in [5.74, 6) is 0.484. The predicted octanol–water partition coefficient (Wildman–Crippen LogP) is 4.39. The Balaban J connectivity index is 1.64. The second-order valence-electron chi connectivity index (χ2n) is 6.82. The average molecular weight is 432 g/mol. The maximum Gasteiger partial charge on any atom is 0.343 e. The molecule has 0 atom stereocenters. The molecular weight excluding hydrogens is 408 g/mol. The minimum Gasteiger partial charge on any atom is -0.494 e. The molecule has 0 aliphatic carbocycles. The predicted molar refractivity (Wildman–Crippen MR) is 122 cm³/mol. The number of methoxy groups -OCH3 is 1. The van der Waals surface area contributed by atoms with Gasteiger partial charge < -0.3 is 14.2 Å². The van der Waals surface area contributed by atoms with Gasteiger partial charge in [0, 0.05) is 5.56 Å². The van der Waals surface area contributed by atoms with Crippen LogP contribution in [0.25, 0.3) is 0 Å². The largest absolute Gasteiger partial charge is 0.494 e. The molecule has 0 bridgehead atoms. The summed E-state index contributed by atoms with van der Waals surface area (Å²) in [5, 5.41) is 3.98. The van der Waals surface area contributed by atoms with Crippen molar-refractivity contribution in [3.05, 3.63) is 89.0 Å². The molecule has 7 heteroatoms. The van der Waals surface area contributed by atoms with Gasteiger partial charge in [0.1, 0.15) is 5.75 Å². The first-order chi connectivity index (χ1) is 15.5. The Morgan fingerprint density at radius 3 is 2.28 bits per heavy atom. The van der Waals surface area contributed by atoms with Crippen LogP contribution in [0.1, 0.15) is 38.8 Å². The van der Waals surface area contributed by atoms with Crippen molar-refractivity contribution in [1.82, 2.24) is 5.43 Å². The lowest BCUT2D eigenvalue weighted by Crippen LogP contribution is -2.17. The molecule has 0 radical (unpaired) electrons. The van der Waals surface area contributed by atoms with E-state index in [0.717, 1.165) is 5.56 Å². The SMILES string of the molecule is CCOc1ccc(C(=O)Oc2ccc(C=NNC(=O)c3ccc(C)cc3)cc2OC)cc1. The van der Waals surface area contributed by atoms with Crippen molar-refractivity contribution >= 4 is 18.1 Å². The van der Waals surface area contributed by atoms with E-state index in [2.05, 4.69) is 10.5 Å². The molecule has 0 aliphatic heterocycles. The first-order valence-electron chi connectivity index (χ1n) is 10.0. The Morgan fingerprint density at radius 2 is 1.62 bits per heavy atom. The highest BCUT2D eigenvalue weighted by molar-refractivity contribution is 5.95. The van der Waals surface area contributed by atoms with E-state index in [4.69, 9.17) is 14.2 Å². The van der Waals surface area contributed by atoms with E-state index in [9.17, 15) is 9.59 Å². The fourth-order valence-electron chi connectivity index (χ4n) is 2.80. The fraction of sp³-hybridized carbons (Fsp3) is 0.160. The quantitative estimate of drug-likeness (QED) is 0.247. The molecule has 0 heterocycles. The molecule has 1 N–H and O–H groups in total. The van der Waals surface area contributed by atoms with Crippen LogP contribution < -0.4 is 19.6 Å². The highest BCUT2D eigenvalue weighted by Gasteiger charge is 2.13. The lowest BCUT2D eigenvalue weighted by molar-refractivity contribution is 0.0729. The van der Waals surface area contributed by atoms with Crippen LogP contribution in [0.15, 0.2) is 71.8 Å². The van der Waals surface area contributed by atoms with Gasteiger partial charge in [0.2, 0.25) is 0 Å². The maximum atomic E-state index is 12.4. The number of benzene rings is 3. The van der Waals surface area contributed by atoms with Gasteiger partial charge in [-0.15, -0.1) is 0 Å². The van der Waals surface area contributed by atoms with Gasteiger partial charge in [-0.05, 0) is 74.0 Å². The molecule has 0 spiro atoms. The molecule has 3 aromatic carbocycles. The van der Waals surface area contributed by atoms with E-state index in [-0.39, 0.29) is 11.7 Å². The summed E-state index contributed by atoms with van der Waals surface area (Å²) in [6, 6.07) is 18.8. The number of amides is 1. The third-order valence-electron chi connectivity index (χ3n) is 4.48. The van der Waals surface area contributed by atoms with Crippen molar-refractivity contribution in [2.45, 2.75) is 13.8 Å². The Hall–Kier alpha value is -4.13. The second-order valence-corrected chi connectivity index (χ2v) is 6.82. The zero-order chi connectivity index (χ0) is 22.9. The zero-order valence-electron chi connectivity index (χ0n) is 18.1. The number of hydrazone groups is 1. The van der Waals surface area contributed by atoms with E-state index < -0.39 is 5.97 Å². The number of nitrogens with zero attached hydrogens (tertiary/aromatic N) is 1. The van der Waals surface area contributed by atoms with E-state index in [0.29, 0.717) is 34.8 Å². The lowest BCUT2D eigenvalue weighted by atomic mass is 10.1. The summed E-state index contributed by atoms with van der Waals surface area (Å²) < 4.78 is 16.2. The number of carbonyl (C=O) groups excluding carboxylic acids is 2. The van der Waals surface area contributed by atoms with Gasteiger partial charge in [-0.3, -0.25) is 4.79 Å². The van der Waals surface area contributed by atoms with Gasteiger partial charge in [-0.2, -0.15) is 5.10 Å². The Labute approximate surface area is 186 Å². The number of rotatable bonds is 8. The molecule has 3 rings (SSSR count). The number of nitrogens with one attached hydrogen (secondary N) is 1. The lowest BCUT2D eigenvalue weighted by Gasteiger charge is -2.10. The fourth-order valence-corrected chi connectivity index (χ4v) is 2.80. The van der Waals surface area contributed by atoms with Crippen LogP contribution >= 0.6 is 0 Å². The molecule has 0 saturated carbocycles. The van der Waals surface area contributed by atoms with Gasteiger partial charge in [0.25, 0.3) is 5.91 Å². The van der Waals surface area contributed by atoms with Crippen LogP contribution in [0.4, 0.5) is 0 Å². The first kappa shape index (κ1) is 22.6. The smallest absolute Gasteiger partial charge is 0.343 e. The molecule has 0 saturated heterocycles. The Morgan fingerprint density at radius 1 is 0.938 bits per heavy atom. The maximum absolute atomic E-state index is 12.4. The van der Waals surface area contributed by atoms with E-state index in [1.165, 1.54) is 13.3 Å². The normalized spacial score (nSPS) is 10.6. The monoisotopic (exact) mass is 432 g/mol. The standard InChI is InChI=1S/C25H24N2O5/c1-4-31-21-12-10-20(11-13-21)25(29)32-22-14-7-18(15-23(22)30-3)16-26-27-24(28)19-8-5-17(2)6-9-19/h5-16H,4H2,1-3H3,(H,27,28). The minimum atomic E-state index is -0.516. The Kier molecular flexibility index (Phi) is 7.59. The van der Waals surface area contributed by atoms with Crippen molar-refractivity contribution in [1.29, 1.82) is 0 Å². The van der Waals surface area contributed by atoms with Crippen LogP contribution in [0.2, 0.25) is 0 Å². The van der Waals surface area contributed by atoms with Gasteiger partial charge in [-0.25, -0.2) is 10.2 Å². The summed E-state index contributed by atoms with van der Waals surface area (Å²) in [6.07, 6.45) is 1.48.